The van der Waals surface area contributed by atoms with E-state index in [9.17, 15) is 18.0 Å². The van der Waals surface area contributed by atoms with E-state index in [4.69, 9.17) is 0 Å². The fraction of sp³-hybridized carbons (Fsp3) is 0.214. The number of nitrogens with zero attached hydrogens (tertiary/aromatic N) is 1. The van der Waals surface area contributed by atoms with E-state index >= 15 is 0 Å². The van der Waals surface area contributed by atoms with Gasteiger partial charge in [0.25, 0.3) is 0 Å². The Kier molecular flexibility index (Phi) is 5.59. The number of anilines is 1. The molecule has 0 saturated carbocycles. The highest BCUT2D eigenvalue weighted by atomic mass is 32.2. The molecule has 0 radical (unpaired) electrons. The van der Waals surface area contributed by atoms with Gasteiger partial charge in [-0.15, -0.1) is 11.3 Å². The Bertz CT molecular complexity index is 784. The average Bonchev–Trinajstić information content (AvgIpc) is 3.00. The van der Waals surface area contributed by atoms with Gasteiger partial charge in [-0.25, -0.2) is 18.1 Å². The van der Waals surface area contributed by atoms with E-state index in [2.05, 4.69) is 15.0 Å². The Hall–Kier alpha value is -2.10. The minimum Gasteiger partial charge on any atom is -0.302 e. The molecular weight excluding hydrogens is 338 g/mol. The molecule has 1 aromatic carbocycles. The molecule has 2 rings (SSSR count). The smallest absolute Gasteiger partial charge is 0.240 e. The lowest BCUT2D eigenvalue weighted by molar-refractivity contribution is -0.116. The lowest BCUT2D eigenvalue weighted by atomic mass is 10.2. The van der Waals surface area contributed by atoms with E-state index < -0.39 is 10.0 Å². The monoisotopic (exact) mass is 353 g/mol. The van der Waals surface area contributed by atoms with Crippen LogP contribution in [0.3, 0.4) is 0 Å². The van der Waals surface area contributed by atoms with Crippen LogP contribution in [0, 0.1) is 0 Å². The van der Waals surface area contributed by atoms with E-state index in [1.165, 1.54) is 42.5 Å². The van der Waals surface area contributed by atoms with E-state index in [1.54, 1.807) is 11.6 Å². The third-order valence-electron chi connectivity index (χ3n) is 2.89. The standard InChI is InChI=1S/C14H15N3O4S2/c1-10(18)11-2-4-12(5-3-11)23(20,21)16-7-6-13(19)17-14-15-8-9-22-14/h2-5,8-9,16H,6-7H2,1H3,(H,15,17,19). The van der Waals surface area contributed by atoms with Gasteiger partial charge in [-0.2, -0.15) is 0 Å². The highest BCUT2D eigenvalue weighted by Gasteiger charge is 2.14. The minimum atomic E-state index is -3.71. The molecule has 1 heterocycles. The van der Waals surface area contributed by atoms with Gasteiger partial charge in [0.2, 0.25) is 15.9 Å². The van der Waals surface area contributed by atoms with Crippen molar-refractivity contribution in [1.29, 1.82) is 0 Å². The number of carbonyl (C=O) groups excluding carboxylic acids is 2. The zero-order chi connectivity index (χ0) is 16.9. The zero-order valence-electron chi connectivity index (χ0n) is 12.3. The maximum absolute atomic E-state index is 12.1. The van der Waals surface area contributed by atoms with Crippen LogP contribution in [0.2, 0.25) is 0 Å². The zero-order valence-corrected chi connectivity index (χ0v) is 13.9. The van der Waals surface area contributed by atoms with Crippen LogP contribution in [-0.4, -0.2) is 31.6 Å². The highest BCUT2D eigenvalue weighted by molar-refractivity contribution is 7.89. The molecule has 9 heteroatoms. The lowest BCUT2D eigenvalue weighted by Gasteiger charge is -2.07. The summed E-state index contributed by atoms with van der Waals surface area (Å²) < 4.78 is 26.5. The van der Waals surface area contributed by atoms with Crippen LogP contribution in [0.4, 0.5) is 5.13 Å². The van der Waals surface area contributed by atoms with Crippen LogP contribution < -0.4 is 10.0 Å². The van der Waals surface area contributed by atoms with E-state index in [1.807, 2.05) is 0 Å². The van der Waals surface area contributed by atoms with Crippen molar-refractivity contribution in [2.24, 2.45) is 0 Å². The molecule has 2 N–H and O–H groups in total. The summed E-state index contributed by atoms with van der Waals surface area (Å²) in [5, 5.41) is 4.76. The van der Waals surface area contributed by atoms with Gasteiger partial charge in [0.1, 0.15) is 0 Å². The number of Topliss-reactive ketones (excluding diaryl/α,β-unsaturated/α-hetero) is 1. The first-order valence-electron chi connectivity index (χ1n) is 6.68. The molecule has 0 unspecified atom stereocenters. The van der Waals surface area contributed by atoms with Crippen molar-refractivity contribution in [3.63, 3.8) is 0 Å². The summed E-state index contributed by atoms with van der Waals surface area (Å²) >= 11 is 1.28. The summed E-state index contributed by atoms with van der Waals surface area (Å²) in [5.74, 6) is -0.463. The van der Waals surface area contributed by atoms with E-state index in [0.29, 0.717) is 10.7 Å². The van der Waals surface area contributed by atoms with E-state index in [0.717, 1.165) is 0 Å². The van der Waals surface area contributed by atoms with Gasteiger partial charge in [0.15, 0.2) is 10.9 Å². The quantitative estimate of drug-likeness (QED) is 0.737. The van der Waals surface area contributed by atoms with Crippen LogP contribution in [0.25, 0.3) is 0 Å². The molecule has 0 aliphatic carbocycles. The van der Waals surface area contributed by atoms with Crippen molar-refractivity contribution in [2.75, 3.05) is 11.9 Å². The molecule has 0 fully saturated rings. The molecule has 7 nitrogen and oxygen atoms in total. The molecule has 2 aromatic rings. The number of ketones is 1. The minimum absolute atomic E-state index is 0.00958. The molecule has 1 aromatic heterocycles. The number of rotatable bonds is 7. The number of nitrogens with one attached hydrogen (secondary N) is 2. The first-order chi connectivity index (χ1) is 10.9. The van der Waals surface area contributed by atoms with Crippen molar-refractivity contribution in [3.05, 3.63) is 41.4 Å². The highest BCUT2D eigenvalue weighted by Crippen LogP contribution is 2.12. The maximum atomic E-state index is 12.1. The third-order valence-corrected chi connectivity index (χ3v) is 5.06. The number of thiazole rings is 1. The average molecular weight is 353 g/mol. The second-order valence-corrected chi connectivity index (χ2v) is 7.28. The third kappa shape index (κ3) is 4.95. The van der Waals surface area contributed by atoms with Gasteiger partial charge in [0.05, 0.1) is 4.90 Å². The Morgan fingerprint density at radius 1 is 1.22 bits per heavy atom. The van der Waals surface area contributed by atoms with Crippen molar-refractivity contribution < 1.29 is 18.0 Å². The first-order valence-corrected chi connectivity index (χ1v) is 9.05. The molecule has 0 bridgehead atoms. The van der Waals surface area contributed by atoms with Crippen molar-refractivity contribution in [3.8, 4) is 0 Å². The molecule has 0 aliphatic heterocycles. The molecule has 0 spiro atoms. The van der Waals surface area contributed by atoms with Gasteiger partial charge in [-0.05, 0) is 19.1 Å². The number of amides is 1. The largest absolute Gasteiger partial charge is 0.302 e. The van der Waals surface area contributed by atoms with Crippen LogP contribution in [0.5, 0.6) is 0 Å². The van der Waals surface area contributed by atoms with Gasteiger partial charge < -0.3 is 5.32 Å². The Morgan fingerprint density at radius 2 is 1.91 bits per heavy atom. The number of benzene rings is 1. The summed E-state index contributed by atoms with van der Waals surface area (Å²) in [4.78, 5) is 26.8. The number of carbonyl (C=O) groups is 2. The summed E-state index contributed by atoms with van der Waals surface area (Å²) in [6.07, 6.45) is 1.55. The number of hydrogen-bond donors (Lipinski definition) is 2. The number of sulfonamides is 1. The van der Waals surface area contributed by atoms with Gasteiger partial charge in [0, 0.05) is 30.1 Å². The lowest BCUT2D eigenvalue weighted by Crippen LogP contribution is -2.27. The summed E-state index contributed by atoms with van der Waals surface area (Å²) in [6.45, 7) is 1.37. The fourth-order valence-electron chi connectivity index (χ4n) is 1.72. The molecule has 0 saturated heterocycles. The van der Waals surface area contributed by atoms with Crippen LogP contribution in [-0.2, 0) is 14.8 Å². The Labute approximate surface area is 137 Å². The van der Waals surface area contributed by atoms with Gasteiger partial charge in [-0.3, -0.25) is 9.59 Å². The van der Waals surface area contributed by atoms with Crippen molar-refractivity contribution >= 4 is 38.2 Å². The molecular formula is C14H15N3O4S2. The first kappa shape index (κ1) is 17.3. The van der Waals surface area contributed by atoms with Crippen LogP contribution >= 0.6 is 11.3 Å². The predicted molar refractivity (Wildman–Crippen MR) is 87.0 cm³/mol. The van der Waals surface area contributed by atoms with Crippen LogP contribution in [0.1, 0.15) is 23.7 Å². The topological polar surface area (TPSA) is 105 Å². The second-order valence-electron chi connectivity index (χ2n) is 4.61. The normalized spacial score (nSPS) is 11.2. The second kappa shape index (κ2) is 7.44. The summed E-state index contributed by atoms with van der Waals surface area (Å²) in [7, 11) is -3.71. The SMILES string of the molecule is CC(=O)c1ccc(S(=O)(=O)NCCC(=O)Nc2nccs2)cc1. The Balaban J connectivity index is 1.88. The molecule has 1 amide bonds. The summed E-state index contributed by atoms with van der Waals surface area (Å²) in [5.41, 5.74) is 0.437. The summed E-state index contributed by atoms with van der Waals surface area (Å²) in [6, 6.07) is 5.61. The molecule has 122 valence electrons. The fourth-order valence-corrected chi connectivity index (χ4v) is 3.29. The Morgan fingerprint density at radius 3 is 2.48 bits per heavy atom. The van der Waals surface area contributed by atoms with Crippen molar-refractivity contribution in [2.45, 2.75) is 18.2 Å². The van der Waals surface area contributed by atoms with Crippen LogP contribution in [0.15, 0.2) is 40.7 Å². The molecule has 0 atom stereocenters. The van der Waals surface area contributed by atoms with Gasteiger partial charge >= 0.3 is 0 Å². The predicted octanol–water partition coefficient (Wildman–Crippen LogP) is 1.65. The number of aromatic nitrogens is 1. The van der Waals surface area contributed by atoms with E-state index in [-0.39, 0.29) is 29.6 Å². The molecule has 23 heavy (non-hydrogen) atoms. The van der Waals surface area contributed by atoms with Gasteiger partial charge in [-0.1, -0.05) is 12.1 Å². The van der Waals surface area contributed by atoms with Crippen molar-refractivity contribution in [1.82, 2.24) is 9.71 Å². The maximum Gasteiger partial charge on any atom is 0.240 e. The number of hydrogen-bond acceptors (Lipinski definition) is 6. The molecule has 0 aliphatic rings.